The summed E-state index contributed by atoms with van der Waals surface area (Å²) in [5.41, 5.74) is 0. The minimum atomic E-state index is 0.376. The lowest BCUT2D eigenvalue weighted by Crippen LogP contribution is -2.35. The van der Waals surface area contributed by atoms with Gasteiger partial charge in [-0.1, -0.05) is 5.16 Å². The van der Waals surface area contributed by atoms with E-state index in [9.17, 15) is 4.79 Å². The highest BCUT2D eigenvalue weighted by Crippen LogP contribution is 2.06. The van der Waals surface area contributed by atoms with Gasteiger partial charge in [-0.2, -0.15) is 4.98 Å². The molecule has 0 aliphatic carbocycles. The Bertz CT molecular complexity index is 287. The van der Waals surface area contributed by atoms with E-state index in [1.54, 1.807) is 0 Å². The van der Waals surface area contributed by atoms with E-state index in [0.717, 1.165) is 31.9 Å². The van der Waals surface area contributed by atoms with Gasteiger partial charge in [0.05, 0.1) is 0 Å². The van der Waals surface area contributed by atoms with Crippen molar-refractivity contribution in [1.82, 2.24) is 15.0 Å². The predicted molar refractivity (Wildman–Crippen MR) is 48.7 cm³/mol. The van der Waals surface area contributed by atoms with Crippen molar-refractivity contribution in [3.05, 3.63) is 12.2 Å². The second-order valence-electron chi connectivity index (χ2n) is 3.48. The number of carbonyl (C=O) groups excluding carboxylic acids is 1. The van der Waals surface area contributed by atoms with Gasteiger partial charge in [0.2, 0.25) is 6.39 Å². The molecule has 14 heavy (non-hydrogen) atoms. The zero-order chi connectivity index (χ0) is 9.80. The number of Topliss-reactive ketones (excluding diaryl/α,β-unsaturated/α-hetero) is 1. The zero-order valence-corrected chi connectivity index (χ0v) is 7.98. The largest absolute Gasteiger partial charge is 0.343 e. The van der Waals surface area contributed by atoms with Gasteiger partial charge >= 0.3 is 0 Å². The van der Waals surface area contributed by atoms with E-state index in [1.165, 1.54) is 6.39 Å². The van der Waals surface area contributed by atoms with Gasteiger partial charge in [-0.3, -0.25) is 4.79 Å². The second kappa shape index (κ2) is 4.32. The Kier molecular flexibility index (Phi) is 2.88. The molecular formula is C9H13N3O2. The third-order valence-corrected chi connectivity index (χ3v) is 2.47. The maximum atomic E-state index is 11.0. The fourth-order valence-corrected chi connectivity index (χ4v) is 1.59. The fourth-order valence-electron chi connectivity index (χ4n) is 1.59. The summed E-state index contributed by atoms with van der Waals surface area (Å²) in [6.07, 6.45) is 3.51. The van der Waals surface area contributed by atoms with Gasteiger partial charge in [0.1, 0.15) is 5.78 Å². The average Bonchev–Trinajstić information content (AvgIpc) is 2.70. The maximum Gasteiger partial charge on any atom is 0.213 e. The van der Waals surface area contributed by atoms with Gasteiger partial charge in [0, 0.05) is 38.9 Å². The van der Waals surface area contributed by atoms with Crippen molar-refractivity contribution in [2.45, 2.75) is 19.3 Å². The molecule has 1 fully saturated rings. The van der Waals surface area contributed by atoms with E-state index in [2.05, 4.69) is 19.6 Å². The summed E-state index contributed by atoms with van der Waals surface area (Å²) in [4.78, 5) is 17.2. The molecule has 1 saturated heterocycles. The number of likely N-dealkylation sites (tertiary alicyclic amines) is 1. The SMILES string of the molecule is O=C1CCN(CCc2ncon2)CC1. The number of rotatable bonds is 3. The van der Waals surface area contributed by atoms with E-state index < -0.39 is 0 Å². The van der Waals surface area contributed by atoms with Crippen LogP contribution in [-0.2, 0) is 11.2 Å². The lowest BCUT2D eigenvalue weighted by atomic mass is 10.1. The maximum absolute atomic E-state index is 11.0. The molecule has 0 radical (unpaired) electrons. The number of aromatic nitrogens is 2. The van der Waals surface area contributed by atoms with Crippen LogP contribution in [0.2, 0.25) is 0 Å². The molecule has 76 valence electrons. The highest BCUT2D eigenvalue weighted by Gasteiger charge is 2.15. The van der Waals surface area contributed by atoms with Crippen LogP contribution >= 0.6 is 0 Å². The van der Waals surface area contributed by atoms with Gasteiger partial charge < -0.3 is 9.42 Å². The Balaban J connectivity index is 1.73. The van der Waals surface area contributed by atoms with Crippen LogP contribution in [0.3, 0.4) is 0 Å². The summed E-state index contributed by atoms with van der Waals surface area (Å²) in [5, 5.41) is 3.74. The highest BCUT2D eigenvalue weighted by molar-refractivity contribution is 5.79. The third-order valence-electron chi connectivity index (χ3n) is 2.47. The minimum absolute atomic E-state index is 0.376. The third kappa shape index (κ3) is 2.38. The smallest absolute Gasteiger partial charge is 0.213 e. The molecule has 0 spiro atoms. The molecule has 2 rings (SSSR count). The number of piperidine rings is 1. The molecule has 2 heterocycles. The summed E-state index contributed by atoms with van der Waals surface area (Å²) in [7, 11) is 0. The molecule has 0 atom stereocenters. The normalized spacial score (nSPS) is 18.7. The first-order valence-electron chi connectivity index (χ1n) is 4.84. The predicted octanol–water partition coefficient (Wildman–Crippen LogP) is 0.277. The summed E-state index contributed by atoms with van der Waals surface area (Å²) < 4.78 is 4.64. The van der Waals surface area contributed by atoms with Crippen LogP contribution in [0.5, 0.6) is 0 Å². The Hall–Kier alpha value is -1.23. The second-order valence-corrected chi connectivity index (χ2v) is 3.48. The molecular weight excluding hydrogens is 182 g/mol. The van der Waals surface area contributed by atoms with Crippen LogP contribution in [0.15, 0.2) is 10.9 Å². The highest BCUT2D eigenvalue weighted by atomic mass is 16.5. The number of ketones is 1. The summed E-state index contributed by atoms with van der Waals surface area (Å²) in [6, 6.07) is 0. The van der Waals surface area contributed by atoms with E-state index in [0.29, 0.717) is 18.6 Å². The zero-order valence-electron chi connectivity index (χ0n) is 7.98. The van der Waals surface area contributed by atoms with Gasteiger partial charge in [0.25, 0.3) is 0 Å². The quantitative estimate of drug-likeness (QED) is 0.693. The van der Waals surface area contributed by atoms with E-state index in [-0.39, 0.29) is 0 Å². The van der Waals surface area contributed by atoms with Crippen molar-refractivity contribution in [3.8, 4) is 0 Å². The number of hydrogen-bond acceptors (Lipinski definition) is 5. The first-order chi connectivity index (χ1) is 6.84. The van der Waals surface area contributed by atoms with Crippen molar-refractivity contribution in [2.75, 3.05) is 19.6 Å². The van der Waals surface area contributed by atoms with E-state index in [1.807, 2.05) is 0 Å². The van der Waals surface area contributed by atoms with Crippen LogP contribution < -0.4 is 0 Å². The van der Waals surface area contributed by atoms with E-state index >= 15 is 0 Å². The van der Waals surface area contributed by atoms with Crippen LogP contribution in [0, 0.1) is 0 Å². The number of hydrogen-bond donors (Lipinski definition) is 0. The van der Waals surface area contributed by atoms with Crippen molar-refractivity contribution < 1.29 is 9.32 Å². The average molecular weight is 195 g/mol. The Labute approximate surface area is 82.1 Å². The van der Waals surface area contributed by atoms with Crippen molar-refractivity contribution in [3.63, 3.8) is 0 Å². The van der Waals surface area contributed by atoms with Crippen LogP contribution in [0.4, 0.5) is 0 Å². The number of carbonyl (C=O) groups is 1. The lowest BCUT2D eigenvalue weighted by molar-refractivity contribution is -0.121. The van der Waals surface area contributed by atoms with Gasteiger partial charge in [-0.25, -0.2) is 0 Å². The monoisotopic (exact) mass is 195 g/mol. The molecule has 1 aliphatic rings. The first kappa shape index (κ1) is 9.33. The Morgan fingerprint density at radius 1 is 1.43 bits per heavy atom. The Morgan fingerprint density at radius 2 is 2.21 bits per heavy atom. The summed E-state index contributed by atoms with van der Waals surface area (Å²) in [6.45, 7) is 2.65. The number of nitrogens with zero attached hydrogens (tertiary/aromatic N) is 3. The molecule has 0 saturated carbocycles. The standard InChI is InChI=1S/C9H13N3O2/c13-8-1-4-12(5-2-8)6-3-9-10-7-14-11-9/h7H,1-6H2. The Morgan fingerprint density at radius 3 is 2.86 bits per heavy atom. The van der Waals surface area contributed by atoms with Crippen LogP contribution in [0.25, 0.3) is 0 Å². The molecule has 0 bridgehead atoms. The first-order valence-corrected chi connectivity index (χ1v) is 4.84. The van der Waals surface area contributed by atoms with Crippen molar-refractivity contribution in [1.29, 1.82) is 0 Å². The molecule has 0 aromatic carbocycles. The fraction of sp³-hybridized carbons (Fsp3) is 0.667. The molecule has 1 aromatic heterocycles. The van der Waals surface area contributed by atoms with Crippen LogP contribution in [-0.4, -0.2) is 40.5 Å². The molecule has 5 heteroatoms. The van der Waals surface area contributed by atoms with Crippen LogP contribution in [0.1, 0.15) is 18.7 Å². The molecule has 0 amide bonds. The lowest BCUT2D eigenvalue weighted by Gasteiger charge is -2.24. The summed E-state index contributed by atoms with van der Waals surface area (Å²) in [5.74, 6) is 1.11. The topological polar surface area (TPSA) is 59.2 Å². The minimum Gasteiger partial charge on any atom is -0.343 e. The molecule has 0 N–H and O–H groups in total. The molecule has 1 aromatic rings. The van der Waals surface area contributed by atoms with Crippen molar-refractivity contribution in [2.24, 2.45) is 0 Å². The molecule has 5 nitrogen and oxygen atoms in total. The molecule has 1 aliphatic heterocycles. The van der Waals surface area contributed by atoms with Gasteiger partial charge in [0.15, 0.2) is 5.82 Å². The van der Waals surface area contributed by atoms with E-state index in [4.69, 9.17) is 0 Å². The van der Waals surface area contributed by atoms with Gasteiger partial charge in [-0.15, -0.1) is 0 Å². The van der Waals surface area contributed by atoms with Gasteiger partial charge in [-0.05, 0) is 0 Å². The molecule has 0 unspecified atom stereocenters. The van der Waals surface area contributed by atoms with Crippen molar-refractivity contribution >= 4 is 5.78 Å². The summed E-state index contributed by atoms with van der Waals surface area (Å²) >= 11 is 0.